The molecule has 0 spiro atoms. The van der Waals surface area contributed by atoms with E-state index in [0.717, 1.165) is 0 Å². The number of carbonyl (C=O) groups excluding carboxylic acids is 2. The predicted molar refractivity (Wildman–Crippen MR) is 83.8 cm³/mol. The Morgan fingerprint density at radius 2 is 1.50 bits per heavy atom. The Balaban J connectivity index is 2.09. The van der Waals surface area contributed by atoms with E-state index in [1.165, 1.54) is 36.4 Å². The second-order valence-corrected chi connectivity index (χ2v) is 5.08. The molecule has 114 valence electrons. The van der Waals surface area contributed by atoms with Crippen LogP contribution in [0, 0.1) is 0 Å². The summed E-state index contributed by atoms with van der Waals surface area (Å²) in [6.07, 6.45) is 0. The number of hydrogen-bond acceptors (Lipinski definition) is 4. The van der Waals surface area contributed by atoms with Crippen LogP contribution in [0.2, 0.25) is 10.0 Å². The minimum atomic E-state index is -0.561. The minimum absolute atomic E-state index is 0.286. The van der Waals surface area contributed by atoms with Gasteiger partial charge in [-0.25, -0.2) is 9.59 Å². The van der Waals surface area contributed by atoms with Gasteiger partial charge in [0.25, 0.3) is 0 Å². The van der Waals surface area contributed by atoms with Crippen molar-refractivity contribution < 1.29 is 19.1 Å². The zero-order valence-corrected chi connectivity index (χ0v) is 13.1. The van der Waals surface area contributed by atoms with Crippen LogP contribution in [0.25, 0.3) is 0 Å². The van der Waals surface area contributed by atoms with Gasteiger partial charge in [-0.2, -0.15) is 0 Å². The molecular formula is C16H12Cl2O4. The van der Waals surface area contributed by atoms with Gasteiger partial charge in [-0.1, -0.05) is 23.2 Å². The first-order valence-corrected chi connectivity index (χ1v) is 7.21. The predicted octanol–water partition coefficient (Wildman–Crippen LogP) is 4.39. The Morgan fingerprint density at radius 1 is 0.909 bits per heavy atom. The van der Waals surface area contributed by atoms with Crippen molar-refractivity contribution in [2.24, 2.45) is 0 Å². The zero-order valence-electron chi connectivity index (χ0n) is 11.6. The summed E-state index contributed by atoms with van der Waals surface area (Å²) in [4.78, 5) is 23.5. The summed E-state index contributed by atoms with van der Waals surface area (Å²) in [5, 5.41) is 0.671. The van der Waals surface area contributed by atoms with Crippen molar-refractivity contribution in [3.63, 3.8) is 0 Å². The number of hydrogen-bond donors (Lipinski definition) is 0. The van der Waals surface area contributed by atoms with Gasteiger partial charge in [0.05, 0.1) is 27.8 Å². The van der Waals surface area contributed by atoms with Crippen molar-refractivity contribution in [2.75, 3.05) is 6.61 Å². The molecule has 0 saturated heterocycles. The highest BCUT2D eigenvalue weighted by Gasteiger charge is 2.12. The van der Waals surface area contributed by atoms with E-state index in [1.807, 2.05) is 0 Å². The lowest BCUT2D eigenvalue weighted by Gasteiger charge is -2.06. The van der Waals surface area contributed by atoms with Crippen LogP contribution in [0.5, 0.6) is 5.75 Å². The highest BCUT2D eigenvalue weighted by Crippen LogP contribution is 2.26. The second-order valence-electron chi connectivity index (χ2n) is 4.26. The fraction of sp³-hybridized carbons (Fsp3) is 0.125. The van der Waals surface area contributed by atoms with Crippen LogP contribution in [-0.2, 0) is 4.74 Å². The number of rotatable bonds is 4. The highest BCUT2D eigenvalue weighted by molar-refractivity contribution is 6.42. The molecule has 0 unspecified atom stereocenters. The molecule has 2 rings (SSSR count). The van der Waals surface area contributed by atoms with Gasteiger partial charge in [0.2, 0.25) is 0 Å². The molecular weight excluding hydrogens is 327 g/mol. The molecule has 0 atom stereocenters. The largest absolute Gasteiger partial charge is 0.462 e. The van der Waals surface area contributed by atoms with E-state index in [0.29, 0.717) is 27.8 Å². The van der Waals surface area contributed by atoms with Gasteiger partial charge >= 0.3 is 11.9 Å². The molecule has 0 aromatic heterocycles. The summed E-state index contributed by atoms with van der Waals surface area (Å²) in [6.45, 7) is 2.01. The molecule has 2 aromatic rings. The standard InChI is InChI=1S/C16H12Cl2O4/c1-2-21-15(19)10-3-5-11(6-4-10)16(20)22-12-7-8-13(17)14(18)9-12/h3-9H,2H2,1H3. The van der Waals surface area contributed by atoms with Crippen LogP contribution in [0.3, 0.4) is 0 Å². The average Bonchev–Trinajstić information content (AvgIpc) is 2.51. The van der Waals surface area contributed by atoms with Gasteiger partial charge in [0, 0.05) is 6.07 Å². The van der Waals surface area contributed by atoms with Gasteiger partial charge in [-0.05, 0) is 43.3 Å². The number of esters is 2. The van der Waals surface area contributed by atoms with Gasteiger partial charge in [-0.3, -0.25) is 0 Å². The SMILES string of the molecule is CCOC(=O)c1ccc(C(=O)Oc2ccc(Cl)c(Cl)c2)cc1. The number of benzene rings is 2. The van der Waals surface area contributed by atoms with Crippen LogP contribution in [0.4, 0.5) is 0 Å². The lowest BCUT2D eigenvalue weighted by atomic mass is 10.1. The Bertz CT molecular complexity index is 696. The number of carbonyl (C=O) groups is 2. The Kier molecular flexibility index (Phi) is 5.41. The third-order valence-electron chi connectivity index (χ3n) is 2.73. The van der Waals surface area contributed by atoms with Crippen LogP contribution < -0.4 is 4.74 Å². The summed E-state index contributed by atoms with van der Waals surface area (Å²) in [5.74, 6) is -0.713. The molecule has 2 aromatic carbocycles. The maximum absolute atomic E-state index is 12.0. The van der Waals surface area contributed by atoms with E-state index in [2.05, 4.69) is 0 Å². The van der Waals surface area contributed by atoms with Crippen LogP contribution in [0.1, 0.15) is 27.6 Å². The normalized spacial score (nSPS) is 10.1. The molecule has 0 fully saturated rings. The molecule has 0 bridgehead atoms. The smallest absolute Gasteiger partial charge is 0.343 e. The molecule has 0 aliphatic carbocycles. The average molecular weight is 339 g/mol. The summed E-state index contributed by atoms with van der Waals surface area (Å²) >= 11 is 11.6. The van der Waals surface area contributed by atoms with Gasteiger partial charge in [0.1, 0.15) is 5.75 Å². The maximum Gasteiger partial charge on any atom is 0.343 e. The van der Waals surface area contributed by atoms with Crippen molar-refractivity contribution in [1.29, 1.82) is 0 Å². The minimum Gasteiger partial charge on any atom is -0.462 e. The Hall–Kier alpha value is -2.04. The van der Waals surface area contributed by atoms with E-state index >= 15 is 0 Å². The van der Waals surface area contributed by atoms with Gasteiger partial charge < -0.3 is 9.47 Å². The van der Waals surface area contributed by atoms with Crippen molar-refractivity contribution >= 4 is 35.1 Å². The fourth-order valence-electron chi connectivity index (χ4n) is 1.66. The number of ether oxygens (including phenoxy) is 2. The van der Waals surface area contributed by atoms with Crippen molar-refractivity contribution in [2.45, 2.75) is 6.92 Å². The first-order chi connectivity index (χ1) is 10.5. The van der Waals surface area contributed by atoms with E-state index in [9.17, 15) is 9.59 Å². The highest BCUT2D eigenvalue weighted by atomic mass is 35.5. The van der Waals surface area contributed by atoms with Gasteiger partial charge in [0.15, 0.2) is 0 Å². The summed E-state index contributed by atoms with van der Waals surface area (Å²) < 4.78 is 10.1. The first-order valence-electron chi connectivity index (χ1n) is 6.45. The van der Waals surface area contributed by atoms with Crippen molar-refractivity contribution in [3.8, 4) is 5.75 Å². The quantitative estimate of drug-likeness (QED) is 0.612. The zero-order chi connectivity index (χ0) is 16.1. The lowest BCUT2D eigenvalue weighted by molar-refractivity contribution is 0.0525. The third-order valence-corrected chi connectivity index (χ3v) is 3.47. The van der Waals surface area contributed by atoms with Crippen molar-refractivity contribution in [1.82, 2.24) is 0 Å². The molecule has 4 nitrogen and oxygen atoms in total. The van der Waals surface area contributed by atoms with E-state index in [1.54, 1.807) is 13.0 Å². The summed E-state index contributed by atoms with van der Waals surface area (Å²) in [7, 11) is 0. The van der Waals surface area contributed by atoms with Gasteiger partial charge in [-0.15, -0.1) is 0 Å². The first kappa shape index (κ1) is 16.3. The number of halogens is 2. The van der Waals surface area contributed by atoms with Crippen LogP contribution in [0.15, 0.2) is 42.5 Å². The monoisotopic (exact) mass is 338 g/mol. The fourth-order valence-corrected chi connectivity index (χ4v) is 1.95. The molecule has 0 aliphatic heterocycles. The summed E-state index contributed by atoms with van der Waals surface area (Å²) in [5.41, 5.74) is 0.673. The molecule has 22 heavy (non-hydrogen) atoms. The second kappa shape index (κ2) is 7.29. The molecule has 0 N–H and O–H groups in total. The van der Waals surface area contributed by atoms with E-state index < -0.39 is 11.9 Å². The topological polar surface area (TPSA) is 52.6 Å². The third kappa shape index (κ3) is 4.00. The van der Waals surface area contributed by atoms with Crippen LogP contribution >= 0.6 is 23.2 Å². The molecule has 0 radical (unpaired) electrons. The van der Waals surface area contributed by atoms with E-state index in [4.69, 9.17) is 32.7 Å². The lowest BCUT2D eigenvalue weighted by Crippen LogP contribution is -2.10. The van der Waals surface area contributed by atoms with Crippen LogP contribution in [-0.4, -0.2) is 18.5 Å². The summed E-state index contributed by atoms with van der Waals surface area (Å²) in [6, 6.07) is 10.5. The van der Waals surface area contributed by atoms with Crippen molar-refractivity contribution in [3.05, 3.63) is 63.6 Å². The maximum atomic E-state index is 12.0. The molecule has 0 heterocycles. The molecule has 0 saturated carbocycles. The van der Waals surface area contributed by atoms with E-state index in [-0.39, 0.29) is 5.75 Å². The Labute approximate surface area is 137 Å². The molecule has 0 amide bonds. The molecule has 0 aliphatic rings. The molecule has 6 heteroatoms. The Morgan fingerprint density at radius 3 is 2.05 bits per heavy atom.